The van der Waals surface area contributed by atoms with Gasteiger partial charge in [0.2, 0.25) is 0 Å². The van der Waals surface area contributed by atoms with E-state index < -0.39 is 0 Å². The van der Waals surface area contributed by atoms with Gasteiger partial charge in [-0.05, 0) is 83.9 Å². The third-order valence-electron chi connectivity index (χ3n) is 9.30. The highest BCUT2D eigenvalue weighted by Gasteiger charge is 2.60. The lowest BCUT2D eigenvalue weighted by atomic mass is 9.40. The van der Waals surface area contributed by atoms with Crippen molar-refractivity contribution >= 4 is 12.3 Å². The second kappa shape index (κ2) is 10.8. The molecular formula is C32H52BNO. The molecule has 5 rings (SSSR count). The molecule has 1 heterocycles. The van der Waals surface area contributed by atoms with E-state index in [0.29, 0.717) is 18.1 Å². The zero-order valence-corrected chi connectivity index (χ0v) is 24.3. The van der Waals surface area contributed by atoms with Gasteiger partial charge in [0.25, 0.3) is 0 Å². The molecule has 1 aliphatic heterocycles. The van der Waals surface area contributed by atoms with Gasteiger partial charge in [0, 0.05) is 11.5 Å². The van der Waals surface area contributed by atoms with Gasteiger partial charge in [0.15, 0.2) is 6.71 Å². The van der Waals surface area contributed by atoms with Gasteiger partial charge in [-0.3, -0.25) is 0 Å². The van der Waals surface area contributed by atoms with Crippen molar-refractivity contribution in [1.82, 2.24) is 5.32 Å². The molecule has 35 heavy (non-hydrogen) atoms. The Kier molecular flexibility index (Phi) is 8.60. The number of nitrogens with one attached hydrogen (secondary N) is 1. The molecule has 0 spiro atoms. The van der Waals surface area contributed by atoms with Gasteiger partial charge >= 0.3 is 0 Å². The monoisotopic (exact) mass is 477 g/mol. The van der Waals surface area contributed by atoms with Crippen molar-refractivity contribution in [3.05, 3.63) is 48.2 Å². The minimum absolute atomic E-state index is 0.205. The van der Waals surface area contributed by atoms with Crippen LogP contribution in [0.2, 0.25) is 12.6 Å². The summed E-state index contributed by atoms with van der Waals surface area (Å²) >= 11 is 0. The predicted octanol–water partition coefficient (Wildman–Crippen LogP) is 8.55. The summed E-state index contributed by atoms with van der Waals surface area (Å²) in [6, 6.07) is 6.61. The van der Waals surface area contributed by atoms with E-state index in [2.05, 4.69) is 78.2 Å². The molecule has 1 saturated heterocycles. The lowest BCUT2D eigenvalue weighted by molar-refractivity contribution is -0.120. The van der Waals surface area contributed by atoms with Crippen molar-refractivity contribution in [2.45, 2.75) is 99.7 Å². The molecule has 5 unspecified atom stereocenters. The van der Waals surface area contributed by atoms with Crippen molar-refractivity contribution in [3.63, 3.8) is 0 Å². The van der Waals surface area contributed by atoms with E-state index in [4.69, 9.17) is 4.74 Å². The summed E-state index contributed by atoms with van der Waals surface area (Å²) in [5, 5.41) is 3.79. The summed E-state index contributed by atoms with van der Waals surface area (Å²) in [7, 11) is 1.81. The van der Waals surface area contributed by atoms with Gasteiger partial charge in [0.1, 0.15) is 5.75 Å². The van der Waals surface area contributed by atoms with Gasteiger partial charge in [-0.1, -0.05) is 92.5 Å². The molecule has 3 saturated carbocycles. The van der Waals surface area contributed by atoms with E-state index in [0.717, 1.165) is 48.0 Å². The molecule has 2 bridgehead atoms. The average molecular weight is 478 g/mol. The lowest BCUT2D eigenvalue weighted by Gasteiger charge is -2.61. The van der Waals surface area contributed by atoms with Crippen molar-refractivity contribution in [3.8, 4) is 5.75 Å². The topological polar surface area (TPSA) is 21.3 Å². The standard InChI is InChI=1S/C30H46BNO.C2H6/c1-19(2)32-27(31-17-22-13-23-15-26(25(22)18-31)30(23,7)8)14-21-11-10-12-24(28(21)33-9)20(3)16-29(4,5)6;1-2/h10-12,22-23,25-27,32H,1,3,13-18H2,2,4-9H3;1-2H3. The number of rotatable bonds is 8. The maximum atomic E-state index is 6.02. The Morgan fingerprint density at radius 1 is 1.17 bits per heavy atom. The lowest BCUT2D eigenvalue weighted by Crippen LogP contribution is -2.54. The zero-order chi connectivity index (χ0) is 26.1. The number of hydrogen-bond donors (Lipinski definition) is 1. The van der Waals surface area contributed by atoms with Crippen LogP contribution in [0.15, 0.2) is 37.1 Å². The highest BCUT2D eigenvalue weighted by atomic mass is 16.5. The molecule has 0 radical (unpaired) electrons. The smallest absolute Gasteiger partial charge is 0.168 e. The van der Waals surface area contributed by atoms with Crippen LogP contribution in [0.1, 0.15) is 85.8 Å². The summed E-state index contributed by atoms with van der Waals surface area (Å²) in [5.41, 5.74) is 5.48. The van der Waals surface area contributed by atoms with Crippen molar-refractivity contribution in [2.75, 3.05) is 7.11 Å². The highest BCUT2D eigenvalue weighted by molar-refractivity contribution is 6.61. The van der Waals surface area contributed by atoms with Crippen LogP contribution in [0.5, 0.6) is 5.75 Å². The number of allylic oxidation sites excluding steroid dienone is 2. The minimum Gasteiger partial charge on any atom is -0.496 e. The van der Waals surface area contributed by atoms with Crippen LogP contribution in [0.25, 0.3) is 5.57 Å². The third-order valence-corrected chi connectivity index (χ3v) is 9.30. The van der Waals surface area contributed by atoms with E-state index >= 15 is 0 Å². The molecule has 194 valence electrons. The molecule has 1 aromatic carbocycles. The molecule has 4 aliphatic rings. The van der Waals surface area contributed by atoms with Crippen LogP contribution >= 0.6 is 0 Å². The normalized spacial score (nSPS) is 27.1. The zero-order valence-electron chi connectivity index (χ0n) is 24.3. The first-order valence-electron chi connectivity index (χ1n) is 14.2. The van der Waals surface area contributed by atoms with Gasteiger partial charge in [-0.25, -0.2) is 0 Å². The van der Waals surface area contributed by atoms with Crippen molar-refractivity contribution < 1.29 is 4.74 Å². The summed E-state index contributed by atoms with van der Waals surface area (Å²) in [6.07, 6.45) is 7.62. The highest BCUT2D eigenvalue weighted by Crippen LogP contribution is 2.66. The van der Waals surface area contributed by atoms with E-state index in [1.807, 2.05) is 21.0 Å². The molecule has 4 fully saturated rings. The van der Waals surface area contributed by atoms with Crippen LogP contribution in [0.4, 0.5) is 0 Å². The van der Waals surface area contributed by atoms with Crippen LogP contribution in [0.3, 0.4) is 0 Å². The van der Waals surface area contributed by atoms with Crippen LogP contribution in [0, 0.1) is 34.5 Å². The SMILES string of the molecule is C=C(C)NC(Cc1cccc(C(=C)CC(C)(C)C)c1OC)B1CC2CC3CC(C2C1)C3(C)C.CC. The first-order valence-corrected chi connectivity index (χ1v) is 14.2. The fourth-order valence-electron chi connectivity index (χ4n) is 7.73. The Morgan fingerprint density at radius 3 is 2.43 bits per heavy atom. The Labute approximate surface area is 217 Å². The van der Waals surface area contributed by atoms with Gasteiger partial charge < -0.3 is 10.1 Å². The Bertz CT molecular complexity index is 911. The van der Waals surface area contributed by atoms with Crippen molar-refractivity contribution in [2.24, 2.45) is 34.5 Å². The number of methoxy groups -OCH3 is 1. The average Bonchev–Trinajstić information content (AvgIpc) is 3.22. The van der Waals surface area contributed by atoms with Gasteiger partial charge in [-0.2, -0.15) is 0 Å². The summed E-state index contributed by atoms with van der Waals surface area (Å²) in [5.74, 6) is 5.17. The molecule has 1 N–H and O–H groups in total. The van der Waals surface area contributed by atoms with Gasteiger partial charge in [-0.15, -0.1) is 0 Å². The Balaban J connectivity index is 0.00000167. The van der Waals surface area contributed by atoms with E-state index in [9.17, 15) is 0 Å². The van der Waals surface area contributed by atoms with E-state index in [1.165, 1.54) is 42.2 Å². The minimum atomic E-state index is 0.205. The maximum Gasteiger partial charge on any atom is 0.168 e. The van der Waals surface area contributed by atoms with Crippen molar-refractivity contribution in [1.29, 1.82) is 0 Å². The predicted molar refractivity (Wildman–Crippen MR) is 155 cm³/mol. The molecule has 5 atom stereocenters. The molecule has 3 aliphatic carbocycles. The fraction of sp³-hybridized carbons (Fsp3) is 0.688. The maximum absolute atomic E-state index is 6.02. The Hall–Kier alpha value is -1.64. The third kappa shape index (κ3) is 5.86. The van der Waals surface area contributed by atoms with Crippen LogP contribution in [-0.2, 0) is 6.42 Å². The molecular weight excluding hydrogens is 425 g/mol. The summed E-state index contributed by atoms with van der Waals surface area (Å²) in [4.78, 5) is 0. The molecule has 0 amide bonds. The summed E-state index contributed by atoms with van der Waals surface area (Å²) in [6.45, 7) is 27.3. The molecule has 0 aromatic heterocycles. The van der Waals surface area contributed by atoms with E-state index in [1.54, 1.807) is 0 Å². The molecule has 3 heteroatoms. The molecule has 1 aromatic rings. The molecule has 2 nitrogen and oxygen atoms in total. The second-order valence-electron chi connectivity index (χ2n) is 13.3. The number of benzene rings is 1. The second-order valence-corrected chi connectivity index (χ2v) is 13.3. The first-order chi connectivity index (χ1) is 16.4. The quantitative estimate of drug-likeness (QED) is 0.379. The van der Waals surface area contributed by atoms with E-state index in [-0.39, 0.29) is 5.41 Å². The Morgan fingerprint density at radius 2 is 1.86 bits per heavy atom. The first kappa shape index (κ1) is 27.9. The van der Waals surface area contributed by atoms with Gasteiger partial charge in [0.05, 0.1) is 7.11 Å². The van der Waals surface area contributed by atoms with Crippen LogP contribution in [-0.4, -0.2) is 19.8 Å². The number of ether oxygens (including phenoxy) is 1. The number of hydrogen-bond acceptors (Lipinski definition) is 2. The van der Waals surface area contributed by atoms with Crippen LogP contribution < -0.4 is 10.1 Å². The fourth-order valence-corrected chi connectivity index (χ4v) is 7.73. The largest absolute Gasteiger partial charge is 0.496 e. The number of para-hydroxylation sites is 1. The summed E-state index contributed by atoms with van der Waals surface area (Å²) < 4.78 is 6.02.